The van der Waals surface area contributed by atoms with Crippen molar-refractivity contribution in [2.45, 2.75) is 56.4 Å². The molecule has 2 aromatic rings. The van der Waals surface area contributed by atoms with Crippen LogP contribution in [0.1, 0.15) is 62.6 Å². The molecule has 7 nitrogen and oxygen atoms in total. The van der Waals surface area contributed by atoms with E-state index in [0.29, 0.717) is 31.0 Å². The van der Waals surface area contributed by atoms with Gasteiger partial charge in [-0.25, -0.2) is 8.42 Å². The van der Waals surface area contributed by atoms with E-state index >= 15 is 0 Å². The molecule has 1 amide bonds. The molecule has 176 valence electrons. The molecular formula is C25H31N3O4S. The van der Waals surface area contributed by atoms with E-state index in [1.807, 2.05) is 24.0 Å². The summed E-state index contributed by atoms with van der Waals surface area (Å²) in [4.78, 5) is 19.6. The van der Waals surface area contributed by atoms with Crippen LogP contribution < -0.4 is 9.46 Å². The fourth-order valence-electron chi connectivity index (χ4n) is 4.52. The first-order valence-electron chi connectivity index (χ1n) is 11.7. The van der Waals surface area contributed by atoms with Crippen LogP contribution in [0.15, 0.2) is 58.4 Å². The molecule has 2 aromatic carbocycles. The van der Waals surface area contributed by atoms with Gasteiger partial charge in [0.05, 0.1) is 17.5 Å². The Balaban J connectivity index is 1.23. The van der Waals surface area contributed by atoms with Crippen molar-refractivity contribution < 1.29 is 17.9 Å². The third-order valence-corrected chi connectivity index (χ3v) is 7.53. The summed E-state index contributed by atoms with van der Waals surface area (Å²) in [5.41, 5.74) is 1.79. The summed E-state index contributed by atoms with van der Waals surface area (Å²) in [5.74, 6) is 1.47. The van der Waals surface area contributed by atoms with Crippen LogP contribution in [0.3, 0.4) is 0 Å². The number of ether oxygens (including phenoxy) is 1. The number of amidine groups is 1. The molecule has 1 N–H and O–H groups in total. The molecule has 2 aliphatic heterocycles. The van der Waals surface area contributed by atoms with Gasteiger partial charge in [0.1, 0.15) is 11.6 Å². The zero-order valence-corrected chi connectivity index (χ0v) is 19.8. The van der Waals surface area contributed by atoms with E-state index in [1.54, 1.807) is 24.3 Å². The van der Waals surface area contributed by atoms with Gasteiger partial charge in [0, 0.05) is 25.1 Å². The van der Waals surface area contributed by atoms with E-state index in [9.17, 15) is 13.2 Å². The number of aliphatic imine (C=N–C) groups is 1. The van der Waals surface area contributed by atoms with Gasteiger partial charge < -0.3 is 9.64 Å². The Morgan fingerprint density at radius 1 is 1.12 bits per heavy atom. The summed E-state index contributed by atoms with van der Waals surface area (Å²) in [6.45, 7) is 3.94. The molecule has 2 heterocycles. The normalized spacial score (nSPS) is 20.0. The first-order chi connectivity index (χ1) is 16.0. The van der Waals surface area contributed by atoms with Crippen LogP contribution in [0.4, 0.5) is 0 Å². The minimum atomic E-state index is -3.49. The molecule has 0 saturated carbocycles. The number of rotatable bonds is 9. The first-order valence-corrected chi connectivity index (χ1v) is 13.2. The highest BCUT2D eigenvalue weighted by atomic mass is 32.2. The molecule has 0 aliphatic carbocycles. The summed E-state index contributed by atoms with van der Waals surface area (Å²) < 4.78 is 32.3. The topological polar surface area (TPSA) is 88.1 Å². The number of unbranched alkanes of at least 4 members (excludes halogenated alkanes) is 2. The lowest BCUT2D eigenvalue weighted by Gasteiger charge is -2.25. The molecule has 1 unspecified atom stereocenters. The molecule has 0 spiro atoms. The zero-order valence-electron chi connectivity index (χ0n) is 19.0. The standard InChI is InChI=1S/C25H31N3O4S/c1-2-32-20-15-13-19(14-16-20)22-10-8-18-28(22)24(29)12-4-3-7-17-26-25-21-9-5-6-11-23(21)33(30,31)27-25/h5-6,9,11,13-16,22H,2-4,7-8,10,12,17-18H2,1H3,(H,26,27). The summed E-state index contributed by atoms with van der Waals surface area (Å²) in [6.07, 6.45) is 5.03. The van der Waals surface area contributed by atoms with Crippen LogP contribution in [0.2, 0.25) is 0 Å². The van der Waals surface area contributed by atoms with Crippen LogP contribution in [-0.2, 0) is 14.8 Å². The monoisotopic (exact) mass is 469 g/mol. The molecule has 0 aromatic heterocycles. The molecule has 0 radical (unpaired) electrons. The van der Waals surface area contributed by atoms with Gasteiger partial charge in [-0.1, -0.05) is 30.7 Å². The van der Waals surface area contributed by atoms with E-state index in [0.717, 1.165) is 44.4 Å². The number of hydrogen-bond donors (Lipinski definition) is 1. The smallest absolute Gasteiger partial charge is 0.263 e. The quantitative estimate of drug-likeness (QED) is 0.561. The Hall–Kier alpha value is -2.87. The van der Waals surface area contributed by atoms with Crippen LogP contribution in [0, 0.1) is 0 Å². The molecule has 0 bridgehead atoms. The van der Waals surface area contributed by atoms with Gasteiger partial charge in [-0.05, 0) is 62.4 Å². The van der Waals surface area contributed by atoms with Crippen molar-refractivity contribution >= 4 is 21.8 Å². The second-order valence-electron chi connectivity index (χ2n) is 8.39. The van der Waals surface area contributed by atoms with E-state index < -0.39 is 10.0 Å². The van der Waals surface area contributed by atoms with E-state index in [2.05, 4.69) is 21.8 Å². The lowest BCUT2D eigenvalue weighted by molar-refractivity contribution is -0.132. The average Bonchev–Trinajstić information content (AvgIpc) is 3.40. The minimum absolute atomic E-state index is 0.148. The second-order valence-corrected chi connectivity index (χ2v) is 10.0. The van der Waals surface area contributed by atoms with Crippen molar-refractivity contribution in [2.75, 3.05) is 19.7 Å². The van der Waals surface area contributed by atoms with Gasteiger partial charge in [0.2, 0.25) is 5.91 Å². The first kappa shape index (κ1) is 23.3. The molecule has 8 heteroatoms. The van der Waals surface area contributed by atoms with Crippen LogP contribution in [0.5, 0.6) is 5.75 Å². The molecular weight excluding hydrogens is 438 g/mol. The summed E-state index contributed by atoms with van der Waals surface area (Å²) in [6, 6.07) is 15.1. The predicted molar refractivity (Wildman–Crippen MR) is 128 cm³/mol. The zero-order chi connectivity index (χ0) is 23.3. The summed E-state index contributed by atoms with van der Waals surface area (Å²) in [7, 11) is -3.49. The Kier molecular flexibility index (Phi) is 7.33. The number of nitrogens with zero attached hydrogens (tertiary/aromatic N) is 2. The van der Waals surface area contributed by atoms with Gasteiger partial charge >= 0.3 is 0 Å². The number of carbonyl (C=O) groups excluding carboxylic acids is 1. The Labute approximate surface area is 195 Å². The van der Waals surface area contributed by atoms with Crippen molar-refractivity contribution in [1.82, 2.24) is 9.62 Å². The van der Waals surface area contributed by atoms with Gasteiger partial charge in [-0.15, -0.1) is 0 Å². The fraction of sp³-hybridized carbons (Fsp3) is 0.440. The van der Waals surface area contributed by atoms with Gasteiger partial charge in [0.25, 0.3) is 10.0 Å². The van der Waals surface area contributed by atoms with Gasteiger partial charge in [-0.3, -0.25) is 14.5 Å². The van der Waals surface area contributed by atoms with Crippen molar-refractivity contribution in [2.24, 2.45) is 4.99 Å². The largest absolute Gasteiger partial charge is 0.494 e. The molecule has 4 rings (SSSR count). The van der Waals surface area contributed by atoms with Gasteiger partial charge in [-0.2, -0.15) is 0 Å². The lowest BCUT2D eigenvalue weighted by atomic mass is 10.0. The summed E-state index contributed by atoms with van der Waals surface area (Å²) in [5, 5.41) is 0. The molecule has 33 heavy (non-hydrogen) atoms. The average molecular weight is 470 g/mol. The maximum atomic E-state index is 12.8. The maximum Gasteiger partial charge on any atom is 0.263 e. The Morgan fingerprint density at radius 2 is 1.91 bits per heavy atom. The molecule has 1 saturated heterocycles. The highest BCUT2D eigenvalue weighted by Gasteiger charge is 2.30. The number of likely N-dealkylation sites (tertiary alicyclic amines) is 1. The highest BCUT2D eigenvalue weighted by Crippen LogP contribution is 2.33. The second kappa shape index (κ2) is 10.4. The molecule has 1 fully saturated rings. The van der Waals surface area contributed by atoms with E-state index in [4.69, 9.17) is 4.74 Å². The third kappa shape index (κ3) is 5.38. The van der Waals surface area contributed by atoms with Crippen molar-refractivity contribution in [3.05, 3.63) is 59.7 Å². The van der Waals surface area contributed by atoms with Crippen molar-refractivity contribution in [1.29, 1.82) is 0 Å². The van der Waals surface area contributed by atoms with Crippen LogP contribution in [0.25, 0.3) is 0 Å². The number of amides is 1. The third-order valence-electron chi connectivity index (χ3n) is 6.13. The van der Waals surface area contributed by atoms with Gasteiger partial charge in [0.15, 0.2) is 0 Å². The fourth-order valence-corrected chi connectivity index (χ4v) is 5.77. The number of benzene rings is 2. The predicted octanol–water partition coefficient (Wildman–Crippen LogP) is 4.05. The minimum Gasteiger partial charge on any atom is -0.494 e. The Morgan fingerprint density at radius 3 is 2.70 bits per heavy atom. The summed E-state index contributed by atoms with van der Waals surface area (Å²) >= 11 is 0. The van der Waals surface area contributed by atoms with E-state index in [1.165, 1.54) is 5.56 Å². The van der Waals surface area contributed by atoms with Crippen molar-refractivity contribution in [3.63, 3.8) is 0 Å². The van der Waals surface area contributed by atoms with E-state index in [-0.39, 0.29) is 16.8 Å². The lowest BCUT2D eigenvalue weighted by Crippen LogP contribution is -2.30. The maximum absolute atomic E-state index is 12.8. The number of fused-ring (bicyclic) bond motifs is 1. The molecule has 2 aliphatic rings. The highest BCUT2D eigenvalue weighted by molar-refractivity contribution is 7.90. The van der Waals surface area contributed by atoms with Crippen molar-refractivity contribution in [3.8, 4) is 5.75 Å². The number of hydrogen-bond acceptors (Lipinski definition) is 5. The number of nitrogens with one attached hydrogen (secondary N) is 1. The molecule has 1 atom stereocenters. The van der Waals surface area contributed by atoms with Crippen LogP contribution in [-0.4, -0.2) is 44.8 Å². The SMILES string of the molecule is CCOc1ccc(C2CCCN2C(=O)CCCCCN=C2NS(=O)(=O)c3ccccc32)cc1. The Bertz CT molecular complexity index is 1110. The number of carbonyl (C=O) groups is 1. The number of sulfonamides is 1. The van der Waals surface area contributed by atoms with Crippen LogP contribution >= 0.6 is 0 Å².